The van der Waals surface area contributed by atoms with Crippen LogP contribution in [-0.4, -0.2) is 10.1 Å². The summed E-state index contributed by atoms with van der Waals surface area (Å²) >= 11 is 0. The maximum atomic E-state index is 12.9. The summed E-state index contributed by atoms with van der Waals surface area (Å²) in [7, 11) is 0. The van der Waals surface area contributed by atoms with E-state index in [1.807, 2.05) is 30.3 Å². The second-order valence-corrected chi connectivity index (χ2v) is 4.37. The van der Waals surface area contributed by atoms with E-state index in [4.69, 9.17) is 0 Å². The summed E-state index contributed by atoms with van der Waals surface area (Å²) < 4.78 is 12.9. The quantitative estimate of drug-likeness (QED) is 0.758. The monoisotopic (exact) mass is 253 g/mol. The van der Waals surface area contributed by atoms with Gasteiger partial charge in [0, 0.05) is 11.6 Å². The van der Waals surface area contributed by atoms with Crippen molar-refractivity contribution in [3.63, 3.8) is 0 Å². The summed E-state index contributed by atoms with van der Waals surface area (Å²) in [5, 5.41) is 11.3. The second kappa shape index (κ2) is 4.78. The van der Waals surface area contributed by atoms with E-state index in [-0.39, 0.29) is 5.82 Å². The molecule has 2 nitrogen and oxygen atoms in total. The van der Waals surface area contributed by atoms with Crippen LogP contribution in [0.1, 0.15) is 17.2 Å². The Balaban J connectivity index is 2.11. The van der Waals surface area contributed by atoms with Crippen molar-refractivity contribution >= 4 is 10.9 Å². The number of aliphatic hydroxyl groups excluding tert-OH is 1. The molecule has 0 bridgehead atoms. The molecule has 1 atom stereocenters. The molecule has 0 saturated heterocycles. The summed E-state index contributed by atoms with van der Waals surface area (Å²) in [5.41, 5.74) is 2.27. The first-order chi connectivity index (χ1) is 9.25. The van der Waals surface area contributed by atoms with E-state index < -0.39 is 6.10 Å². The zero-order valence-electron chi connectivity index (χ0n) is 10.1. The van der Waals surface area contributed by atoms with Crippen molar-refractivity contribution in [2.24, 2.45) is 0 Å². The van der Waals surface area contributed by atoms with Crippen molar-refractivity contribution in [1.29, 1.82) is 0 Å². The van der Waals surface area contributed by atoms with Gasteiger partial charge in [-0.2, -0.15) is 0 Å². The van der Waals surface area contributed by atoms with Crippen LogP contribution in [-0.2, 0) is 0 Å². The Morgan fingerprint density at radius 1 is 0.947 bits per heavy atom. The Hall–Kier alpha value is -2.26. The average molecular weight is 253 g/mol. The van der Waals surface area contributed by atoms with Crippen molar-refractivity contribution in [2.75, 3.05) is 0 Å². The SMILES string of the molecule is OC(c1ccc(F)cc1)c1cccc2ncccc12. The number of aliphatic hydroxyl groups is 1. The first kappa shape index (κ1) is 11.8. The van der Waals surface area contributed by atoms with Crippen molar-refractivity contribution in [3.05, 3.63) is 77.7 Å². The lowest BCUT2D eigenvalue weighted by Gasteiger charge is -2.13. The van der Waals surface area contributed by atoms with Crippen LogP contribution in [0.15, 0.2) is 60.8 Å². The maximum Gasteiger partial charge on any atom is 0.123 e. The number of fused-ring (bicyclic) bond motifs is 1. The fraction of sp³-hybridized carbons (Fsp3) is 0.0625. The van der Waals surface area contributed by atoms with Crippen LogP contribution in [0.4, 0.5) is 4.39 Å². The predicted molar refractivity (Wildman–Crippen MR) is 72.2 cm³/mol. The molecule has 0 radical (unpaired) electrons. The summed E-state index contributed by atoms with van der Waals surface area (Å²) in [6, 6.07) is 15.3. The van der Waals surface area contributed by atoms with Gasteiger partial charge in [0.05, 0.1) is 5.52 Å². The van der Waals surface area contributed by atoms with Crippen molar-refractivity contribution in [2.45, 2.75) is 6.10 Å². The van der Waals surface area contributed by atoms with Gasteiger partial charge in [-0.1, -0.05) is 30.3 Å². The van der Waals surface area contributed by atoms with Crippen molar-refractivity contribution in [1.82, 2.24) is 4.98 Å². The highest BCUT2D eigenvalue weighted by atomic mass is 19.1. The van der Waals surface area contributed by atoms with Crippen LogP contribution in [0.25, 0.3) is 10.9 Å². The molecular weight excluding hydrogens is 241 g/mol. The van der Waals surface area contributed by atoms with Gasteiger partial charge >= 0.3 is 0 Å². The third-order valence-electron chi connectivity index (χ3n) is 3.16. The number of aromatic nitrogens is 1. The Morgan fingerprint density at radius 3 is 2.53 bits per heavy atom. The van der Waals surface area contributed by atoms with Crippen LogP contribution < -0.4 is 0 Å². The molecule has 0 aliphatic rings. The van der Waals surface area contributed by atoms with E-state index in [0.717, 1.165) is 16.5 Å². The number of hydrogen-bond donors (Lipinski definition) is 1. The summed E-state index contributed by atoms with van der Waals surface area (Å²) in [5.74, 6) is -0.310. The summed E-state index contributed by atoms with van der Waals surface area (Å²) in [4.78, 5) is 4.26. The lowest BCUT2D eigenvalue weighted by atomic mass is 9.98. The Kier molecular flexibility index (Phi) is 2.97. The van der Waals surface area contributed by atoms with Gasteiger partial charge in [-0.05, 0) is 35.4 Å². The molecule has 94 valence electrons. The van der Waals surface area contributed by atoms with Crippen LogP contribution in [0.2, 0.25) is 0 Å². The first-order valence-electron chi connectivity index (χ1n) is 6.03. The van der Waals surface area contributed by atoms with Gasteiger partial charge < -0.3 is 5.11 Å². The molecular formula is C16H12FNO. The molecule has 1 unspecified atom stereocenters. The minimum atomic E-state index is -0.784. The minimum absolute atomic E-state index is 0.310. The third kappa shape index (κ3) is 2.20. The van der Waals surface area contributed by atoms with Gasteiger partial charge in [0.2, 0.25) is 0 Å². The normalized spacial score (nSPS) is 12.5. The summed E-state index contributed by atoms with van der Waals surface area (Å²) in [6.07, 6.45) is 0.935. The van der Waals surface area contributed by atoms with E-state index in [9.17, 15) is 9.50 Å². The molecule has 2 aromatic carbocycles. The number of pyridine rings is 1. The van der Waals surface area contributed by atoms with Crippen LogP contribution >= 0.6 is 0 Å². The molecule has 3 heteroatoms. The third-order valence-corrected chi connectivity index (χ3v) is 3.16. The zero-order valence-corrected chi connectivity index (χ0v) is 10.1. The van der Waals surface area contributed by atoms with E-state index >= 15 is 0 Å². The smallest absolute Gasteiger partial charge is 0.123 e. The topological polar surface area (TPSA) is 33.1 Å². The largest absolute Gasteiger partial charge is 0.384 e. The molecule has 3 aromatic rings. The summed E-state index contributed by atoms with van der Waals surface area (Å²) in [6.45, 7) is 0. The Labute approximate surface area is 110 Å². The van der Waals surface area contributed by atoms with Gasteiger partial charge in [0.1, 0.15) is 11.9 Å². The highest BCUT2D eigenvalue weighted by Gasteiger charge is 2.13. The first-order valence-corrected chi connectivity index (χ1v) is 6.03. The molecule has 1 heterocycles. The zero-order chi connectivity index (χ0) is 13.2. The fourth-order valence-corrected chi connectivity index (χ4v) is 2.19. The van der Waals surface area contributed by atoms with Gasteiger partial charge in [0.25, 0.3) is 0 Å². The number of hydrogen-bond acceptors (Lipinski definition) is 2. The lowest BCUT2D eigenvalue weighted by molar-refractivity contribution is 0.222. The fourth-order valence-electron chi connectivity index (χ4n) is 2.19. The molecule has 0 spiro atoms. The molecule has 0 aliphatic heterocycles. The molecule has 0 saturated carbocycles. The average Bonchev–Trinajstić information content (AvgIpc) is 2.47. The molecule has 0 aliphatic carbocycles. The van der Waals surface area contributed by atoms with Gasteiger partial charge in [-0.3, -0.25) is 4.98 Å². The maximum absolute atomic E-state index is 12.9. The number of nitrogens with zero attached hydrogens (tertiary/aromatic N) is 1. The molecule has 1 N–H and O–H groups in total. The predicted octanol–water partition coefficient (Wildman–Crippen LogP) is 3.46. The van der Waals surface area contributed by atoms with E-state index in [2.05, 4.69) is 4.98 Å². The molecule has 19 heavy (non-hydrogen) atoms. The van der Waals surface area contributed by atoms with Gasteiger partial charge in [0.15, 0.2) is 0 Å². The van der Waals surface area contributed by atoms with Crippen LogP contribution in [0, 0.1) is 5.82 Å². The van der Waals surface area contributed by atoms with Gasteiger partial charge in [-0.15, -0.1) is 0 Å². The van der Waals surface area contributed by atoms with Crippen LogP contribution in [0.5, 0.6) is 0 Å². The Bertz CT molecular complexity index is 704. The lowest BCUT2D eigenvalue weighted by Crippen LogP contribution is -2.00. The number of halogens is 1. The molecule has 1 aromatic heterocycles. The number of rotatable bonds is 2. The van der Waals surface area contributed by atoms with Crippen molar-refractivity contribution in [3.8, 4) is 0 Å². The molecule has 3 rings (SSSR count). The van der Waals surface area contributed by atoms with Crippen LogP contribution in [0.3, 0.4) is 0 Å². The second-order valence-electron chi connectivity index (χ2n) is 4.37. The standard InChI is InChI=1S/C16H12FNO/c17-12-8-6-11(7-9-12)16(19)14-3-1-5-15-13(14)4-2-10-18-15/h1-10,16,19H. The van der Waals surface area contributed by atoms with Crippen molar-refractivity contribution < 1.29 is 9.50 Å². The molecule has 0 fully saturated rings. The van der Waals surface area contributed by atoms with E-state index in [1.165, 1.54) is 12.1 Å². The van der Waals surface area contributed by atoms with E-state index in [0.29, 0.717) is 5.56 Å². The highest BCUT2D eigenvalue weighted by molar-refractivity contribution is 5.82. The number of benzene rings is 2. The highest BCUT2D eigenvalue weighted by Crippen LogP contribution is 2.27. The van der Waals surface area contributed by atoms with E-state index in [1.54, 1.807) is 18.3 Å². The Morgan fingerprint density at radius 2 is 1.74 bits per heavy atom. The van der Waals surface area contributed by atoms with Gasteiger partial charge in [-0.25, -0.2) is 4.39 Å². The minimum Gasteiger partial charge on any atom is -0.384 e. The molecule has 0 amide bonds.